The van der Waals surface area contributed by atoms with Crippen LogP contribution in [-0.2, 0) is 6.54 Å². The van der Waals surface area contributed by atoms with Crippen molar-refractivity contribution in [1.29, 1.82) is 0 Å². The molecule has 0 spiro atoms. The molecule has 3 rings (SSSR count). The predicted molar refractivity (Wildman–Crippen MR) is 84.6 cm³/mol. The molecule has 1 aliphatic rings. The second-order valence-electron chi connectivity index (χ2n) is 5.94. The highest BCUT2D eigenvalue weighted by Crippen LogP contribution is 2.27. The number of benzene rings is 1. The molecule has 1 aromatic carbocycles. The number of nitrogens with one attached hydrogen (secondary N) is 1. The maximum Gasteiger partial charge on any atom is 0.0705 e. The van der Waals surface area contributed by atoms with Crippen molar-refractivity contribution in [2.45, 2.75) is 51.6 Å². The lowest BCUT2D eigenvalue weighted by Gasteiger charge is -2.31. The first kappa shape index (κ1) is 13.6. The van der Waals surface area contributed by atoms with E-state index in [-0.39, 0.29) is 0 Å². The van der Waals surface area contributed by atoms with Gasteiger partial charge in [0.2, 0.25) is 0 Å². The second kappa shape index (κ2) is 6.36. The summed E-state index contributed by atoms with van der Waals surface area (Å²) >= 11 is 0. The van der Waals surface area contributed by atoms with Crippen molar-refractivity contribution in [3.63, 3.8) is 0 Å². The number of hydrogen-bond acceptors (Lipinski definition) is 2. The summed E-state index contributed by atoms with van der Waals surface area (Å²) in [7, 11) is 0. The topological polar surface area (TPSA) is 24.9 Å². The Kier molecular flexibility index (Phi) is 4.31. The van der Waals surface area contributed by atoms with Gasteiger partial charge in [-0.15, -0.1) is 0 Å². The smallest absolute Gasteiger partial charge is 0.0705 e. The number of pyridine rings is 1. The van der Waals surface area contributed by atoms with Crippen LogP contribution < -0.4 is 5.32 Å². The molecule has 1 aliphatic carbocycles. The Labute approximate surface area is 121 Å². The third-order valence-electron chi connectivity index (χ3n) is 4.63. The summed E-state index contributed by atoms with van der Waals surface area (Å²) < 4.78 is 0. The molecule has 0 aliphatic heterocycles. The Hall–Kier alpha value is -1.41. The molecule has 0 amide bonds. The number of nitrogens with zero attached hydrogens (tertiary/aromatic N) is 1. The molecular formula is C18H24N2. The third-order valence-corrected chi connectivity index (χ3v) is 4.63. The van der Waals surface area contributed by atoms with Crippen LogP contribution in [0.15, 0.2) is 36.4 Å². The Morgan fingerprint density at radius 1 is 1.10 bits per heavy atom. The van der Waals surface area contributed by atoms with Crippen LogP contribution in [0.2, 0.25) is 0 Å². The molecule has 0 radical (unpaired) electrons. The van der Waals surface area contributed by atoms with E-state index in [0.717, 1.165) is 23.7 Å². The summed E-state index contributed by atoms with van der Waals surface area (Å²) in [6.07, 6.45) is 6.79. The van der Waals surface area contributed by atoms with E-state index in [9.17, 15) is 0 Å². The highest BCUT2D eigenvalue weighted by molar-refractivity contribution is 5.78. The van der Waals surface area contributed by atoms with Gasteiger partial charge in [0.25, 0.3) is 0 Å². The second-order valence-corrected chi connectivity index (χ2v) is 5.94. The van der Waals surface area contributed by atoms with Gasteiger partial charge in [-0.25, -0.2) is 0 Å². The number of fused-ring (bicyclic) bond motifs is 1. The lowest BCUT2D eigenvalue weighted by molar-refractivity contribution is 0.254. The van der Waals surface area contributed by atoms with Crippen molar-refractivity contribution in [3.05, 3.63) is 42.1 Å². The molecule has 20 heavy (non-hydrogen) atoms. The maximum absolute atomic E-state index is 4.75. The molecular weight excluding hydrogens is 244 g/mol. The largest absolute Gasteiger partial charge is 0.308 e. The molecule has 1 heterocycles. The summed E-state index contributed by atoms with van der Waals surface area (Å²) in [6.45, 7) is 3.21. The van der Waals surface area contributed by atoms with E-state index in [4.69, 9.17) is 4.98 Å². The van der Waals surface area contributed by atoms with Crippen LogP contribution in [-0.4, -0.2) is 11.0 Å². The highest BCUT2D eigenvalue weighted by atomic mass is 14.9. The molecule has 1 saturated carbocycles. The number of para-hydroxylation sites is 1. The van der Waals surface area contributed by atoms with E-state index < -0.39 is 0 Å². The lowest BCUT2D eigenvalue weighted by Crippen LogP contribution is -2.38. The van der Waals surface area contributed by atoms with E-state index in [1.807, 2.05) is 0 Å². The molecule has 2 nitrogen and oxygen atoms in total. The average Bonchev–Trinajstić information content (AvgIpc) is 2.53. The SMILES string of the molecule is CCC1CCCCC1NCc1ccc2ccccc2n1. The standard InChI is InChI=1S/C18H24N2/c1-2-14-7-3-5-9-17(14)19-13-16-12-11-15-8-4-6-10-18(15)20-16/h4,6,8,10-12,14,17,19H,2-3,5,7,9,13H2,1H3. The fourth-order valence-corrected chi connectivity index (χ4v) is 3.41. The first-order valence-corrected chi connectivity index (χ1v) is 7.95. The molecule has 1 aromatic heterocycles. The van der Waals surface area contributed by atoms with Crippen LogP contribution in [0.25, 0.3) is 10.9 Å². The van der Waals surface area contributed by atoms with Crippen LogP contribution >= 0.6 is 0 Å². The van der Waals surface area contributed by atoms with E-state index in [0.29, 0.717) is 6.04 Å². The van der Waals surface area contributed by atoms with Gasteiger partial charge < -0.3 is 5.32 Å². The highest BCUT2D eigenvalue weighted by Gasteiger charge is 2.22. The Bertz CT molecular complexity index is 564. The van der Waals surface area contributed by atoms with Gasteiger partial charge in [-0.2, -0.15) is 0 Å². The van der Waals surface area contributed by atoms with Gasteiger partial charge in [0.15, 0.2) is 0 Å². The van der Waals surface area contributed by atoms with Gasteiger partial charge in [0, 0.05) is 18.0 Å². The summed E-state index contributed by atoms with van der Waals surface area (Å²) in [6, 6.07) is 13.3. The summed E-state index contributed by atoms with van der Waals surface area (Å²) in [5.41, 5.74) is 2.26. The molecule has 1 N–H and O–H groups in total. The molecule has 2 unspecified atom stereocenters. The lowest BCUT2D eigenvalue weighted by atomic mass is 9.83. The van der Waals surface area contributed by atoms with E-state index in [2.05, 4.69) is 48.6 Å². The minimum Gasteiger partial charge on any atom is -0.308 e. The zero-order chi connectivity index (χ0) is 13.8. The average molecular weight is 268 g/mol. The van der Waals surface area contributed by atoms with Gasteiger partial charge >= 0.3 is 0 Å². The normalized spacial score (nSPS) is 23.1. The Morgan fingerprint density at radius 3 is 2.85 bits per heavy atom. The van der Waals surface area contributed by atoms with Crippen LogP contribution in [0.5, 0.6) is 0 Å². The molecule has 106 valence electrons. The number of hydrogen-bond donors (Lipinski definition) is 1. The van der Waals surface area contributed by atoms with Crippen LogP contribution in [0.3, 0.4) is 0 Å². The quantitative estimate of drug-likeness (QED) is 0.894. The fourth-order valence-electron chi connectivity index (χ4n) is 3.41. The summed E-state index contributed by atoms with van der Waals surface area (Å²) in [5.74, 6) is 0.851. The Morgan fingerprint density at radius 2 is 1.95 bits per heavy atom. The van der Waals surface area contributed by atoms with E-state index in [1.165, 1.54) is 37.5 Å². The third kappa shape index (κ3) is 3.01. The summed E-state index contributed by atoms with van der Waals surface area (Å²) in [5, 5.41) is 4.96. The Balaban J connectivity index is 1.67. The minimum atomic E-state index is 0.682. The van der Waals surface area contributed by atoms with Gasteiger partial charge in [-0.05, 0) is 30.9 Å². The van der Waals surface area contributed by atoms with Crippen LogP contribution in [0.1, 0.15) is 44.7 Å². The van der Waals surface area contributed by atoms with Gasteiger partial charge in [-0.3, -0.25) is 4.98 Å². The minimum absolute atomic E-state index is 0.682. The van der Waals surface area contributed by atoms with Crippen molar-refractivity contribution >= 4 is 10.9 Å². The maximum atomic E-state index is 4.75. The molecule has 2 heteroatoms. The monoisotopic (exact) mass is 268 g/mol. The zero-order valence-electron chi connectivity index (χ0n) is 12.3. The van der Waals surface area contributed by atoms with Gasteiger partial charge in [0.1, 0.15) is 0 Å². The first-order chi connectivity index (χ1) is 9.86. The van der Waals surface area contributed by atoms with Crippen molar-refractivity contribution in [2.75, 3.05) is 0 Å². The molecule has 1 fully saturated rings. The van der Waals surface area contributed by atoms with Crippen LogP contribution in [0, 0.1) is 5.92 Å². The van der Waals surface area contributed by atoms with Gasteiger partial charge in [0.05, 0.1) is 11.2 Å². The fraction of sp³-hybridized carbons (Fsp3) is 0.500. The summed E-state index contributed by atoms with van der Waals surface area (Å²) in [4.78, 5) is 4.75. The predicted octanol–water partition coefficient (Wildman–Crippen LogP) is 4.29. The van der Waals surface area contributed by atoms with E-state index in [1.54, 1.807) is 0 Å². The molecule has 0 saturated heterocycles. The molecule has 0 bridgehead atoms. The van der Waals surface area contributed by atoms with E-state index >= 15 is 0 Å². The van der Waals surface area contributed by atoms with Crippen molar-refractivity contribution < 1.29 is 0 Å². The van der Waals surface area contributed by atoms with Gasteiger partial charge in [-0.1, -0.05) is 50.5 Å². The number of aromatic nitrogens is 1. The van der Waals surface area contributed by atoms with Crippen LogP contribution in [0.4, 0.5) is 0 Å². The van der Waals surface area contributed by atoms with Crippen molar-refractivity contribution in [1.82, 2.24) is 10.3 Å². The van der Waals surface area contributed by atoms with Crippen molar-refractivity contribution in [3.8, 4) is 0 Å². The number of rotatable bonds is 4. The first-order valence-electron chi connectivity index (χ1n) is 7.95. The molecule has 2 atom stereocenters. The zero-order valence-corrected chi connectivity index (χ0v) is 12.3. The molecule has 2 aromatic rings. The van der Waals surface area contributed by atoms with Crippen molar-refractivity contribution in [2.24, 2.45) is 5.92 Å².